The van der Waals surface area contributed by atoms with E-state index in [4.69, 9.17) is 0 Å². The number of aromatic nitrogens is 4. The van der Waals surface area contributed by atoms with Crippen molar-refractivity contribution in [2.24, 2.45) is 0 Å². The minimum atomic E-state index is -0.302. The van der Waals surface area contributed by atoms with Crippen molar-refractivity contribution in [2.45, 2.75) is 32.7 Å². The standard InChI is InChI=1S/C15H19N5O2/c1-10-7-11(2)18-14(21)13(10)15(22)19-5-3-12(4-6-19)20-8-16-17-9-20/h7-9,12H,3-6H2,1-2H3,(H,18,21). The van der Waals surface area contributed by atoms with Crippen LogP contribution in [0.4, 0.5) is 0 Å². The summed E-state index contributed by atoms with van der Waals surface area (Å²) in [6, 6.07) is 2.15. The Morgan fingerprint density at radius 3 is 2.45 bits per heavy atom. The maximum Gasteiger partial charge on any atom is 0.261 e. The molecular weight excluding hydrogens is 282 g/mol. The van der Waals surface area contributed by atoms with Crippen LogP contribution in [0.3, 0.4) is 0 Å². The Hall–Kier alpha value is -2.44. The van der Waals surface area contributed by atoms with Gasteiger partial charge in [-0.3, -0.25) is 9.59 Å². The van der Waals surface area contributed by atoms with Gasteiger partial charge in [-0.15, -0.1) is 10.2 Å². The number of carbonyl (C=O) groups is 1. The second-order valence-electron chi connectivity index (χ2n) is 5.77. The van der Waals surface area contributed by atoms with Crippen LogP contribution >= 0.6 is 0 Å². The monoisotopic (exact) mass is 301 g/mol. The molecule has 1 fully saturated rings. The quantitative estimate of drug-likeness (QED) is 0.899. The third-order valence-electron chi connectivity index (χ3n) is 4.19. The molecule has 0 aromatic carbocycles. The second kappa shape index (κ2) is 5.75. The van der Waals surface area contributed by atoms with Crippen molar-refractivity contribution in [1.29, 1.82) is 0 Å². The van der Waals surface area contributed by atoms with Crippen LogP contribution in [0.25, 0.3) is 0 Å². The number of pyridine rings is 1. The topological polar surface area (TPSA) is 83.9 Å². The van der Waals surface area contributed by atoms with E-state index in [-0.39, 0.29) is 17.0 Å². The first-order valence-electron chi connectivity index (χ1n) is 7.40. The Balaban J connectivity index is 1.74. The molecule has 2 aromatic rings. The second-order valence-corrected chi connectivity index (χ2v) is 5.77. The van der Waals surface area contributed by atoms with Crippen molar-refractivity contribution < 1.29 is 4.79 Å². The zero-order valence-electron chi connectivity index (χ0n) is 12.7. The van der Waals surface area contributed by atoms with E-state index in [1.807, 2.05) is 17.6 Å². The van der Waals surface area contributed by atoms with Gasteiger partial charge < -0.3 is 14.5 Å². The summed E-state index contributed by atoms with van der Waals surface area (Å²) in [6.45, 7) is 4.88. The smallest absolute Gasteiger partial charge is 0.261 e. The Kier molecular flexibility index (Phi) is 3.79. The van der Waals surface area contributed by atoms with Crippen LogP contribution in [0.1, 0.15) is 40.5 Å². The first kappa shape index (κ1) is 14.5. The highest BCUT2D eigenvalue weighted by molar-refractivity contribution is 5.95. The van der Waals surface area contributed by atoms with Gasteiger partial charge in [0.25, 0.3) is 11.5 Å². The van der Waals surface area contributed by atoms with Gasteiger partial charge in [0.1, 0.15) is 18.2 Å². The Morgan fingerprint density at radius 1 is 1.23 bits per heavy atom. The summed E-state index contributed by atoms with van der Waals surface area (Å²) in [7, 11) is 0. The Labute approximate surface area is 128 Å². The number of nitrogens with one attached hydrogen (secondary N) is 1. The van der Waals surface area contributed by atoms with Gasteiger partial charge in [-0.05, 0) is 38.3 Å². The van der Waals surface area contributed by atoms with Crippen LogP contribution in [0.5, 0.6) is 0 Å². The number of amides is 1. The van der Waals surface area contributed by atoms with Gasteiger partial charge in [0, 0.05) is 24.8 Å². The number of nitrogens with zero attached hydrogens (tertiary/aromatic N) is 4. The minimum absolute atomic E-state index is 0.180. The highest BCUT2D eigenvalue weighted by Crippen LogP contribution is 2.23. The first-order valence-corrected chi connectivity index (χ1v) is 7.40. The summed E-state index contributed by atoms with van der Waals surface area (Å²) in [4.78, 5) is 29.2. The molecule has 0 bridgehead atoms. The van der Waals surface area contributed by atoms with E-state index in [9.17, 15) is 9.59 Å². The molecule has 0 atom stereocenters. The molecule has 1 aliphatic heterocycles. The molecule has 1 aliphatic rings. The third kappa shape index (κ3) is 2.66. The Morgan fingerprint density at radius 2 is 1.86 bits per heavy atom. The molecule has 2 aromatic heterocycles. The molecule has 7 heteroatoms. The summed E-state index contributed by atoms with van der Waals surface area (Å²) >= 11 is 0. The Bertz CT molecular complexity index is 727. The van der Waals surface area contributed by atoms with Gasteiger partial charge in [0.05, 0.1) is 0 Å². The lowest BCUT2D eigenvalue weighted by atomic mass is 10.0. The number of H-pyrrole nitrogens is 1. The number of hydrogen-bond donors (Lipinski definition) is 1. The molecule has 1 saturated heterocycles. The number of aromatic amines is 1. The third-order valence-corrected chi connectivity index (χ3v) is 4.19. The van der Waals surface area contributed by atoms with Crippen molar-refractivity contribution in [3.8, 4) is 0 Å². The number of carbonyl (C=O) groups excluding carboxylic acids is 1. The maximum absolute atomic E-state index is 12.6. The highest BCUT2D eigenvalue weighted by atomic mass is 16.2. The fourth-order valence-corrected chi connectivity index (χ4v) is 3.04. The van der Waals surface area contributed by atoms with Crippen LogP contribution in [0.15, 0.2) is 23.5 Å². The molecular formula is C15H19N5O2. The van der Waals surface area contributed by atoms with Crippen LogP contribution in [-0.2, 0) is 0 Å². The fourth-order valence-electron chi connectivity index (χ4n) is 3.04. The average Bonchev–Trinajstić information content (AvgIpc) is 3.00. The van der Waals surface area contributed by atoms with E-state index >= 15 is 0 Å². The highest BCUT2D eigenvalue weighted by Gasteiger charge is 2.26. The number of aryl methyl sites for hydroxylation is 2. The fraction of sp³-hybridized carbons (Fsp3) is 0.467. The average molecular weight is 301 g/mol. The zero-order chi connectivity index (χ0) is 15.7. The van der Waals surface area contributed by atoms with E-state index in [0.29, 0.717) is 19.1 Å². The lowest BCUT2D eigenvalue weighted by molar-refractivity contribution is 0.0692. The zero-order valence-corrected chi connectivity index (χ0v) is 12.7. The van der Waals surface area contributed by atoms with E-state index < -0.39 is 0 Å². The maximum atomic E-state index is 12.6. The molecule has 0 spiro atoms. The molecule has 7 nitrogen and oxygen atoms in total. The van der Waals surface area contributed by atoms with E-state index in [2.05, 4.69) is 15.2 Å². The lowest BCUT2D eigenvalue weighted by Crippen LogP contribution is -2.41. The molecule has 0 unspecified atom stereocenters. The summed E-state index contributed by atoms with van der Waals surface area (Å²) < 4.78 is 1.98. The molecule has 22 heavy (non-hydrogen) atoms. The molecule has 1 amide bonds. The van der Waals surface area contributed by atoms with Crippen LogP contribution in [-0.4, -0.2) is 43.6 Å². The number of likely N-dealkylation sites (tertiary alicyclic amines) is 1. The van der Waals surface area contributed by atoms with E-state index in [1.165, 1.54) is 0 Å². The predicted molar refractivity (Wildman–Crippen MR) is 80.7 cm³/mol. The summed E-state index contributed by atoms with van der Waals surface area (Å²) in [5.74, 6) is -0.180. The van der Waals surface area contributed by atoms with Crippen LogP contribution in [0, 0.1) is 13.8 Å². The van der Waals surface area contributed by atoms with Gasteiger partial charge in [-0.2, -0.15) is 0 Å². The molecule has 0 radical (unpaired) electrons. The van der Waals surface area contributed by atoms with Crippen molar-refractivity contribution in [2.75, 3.05) is 13.1 Å². The van der Waals surface area contributed by atoms with Gasteiger partial charge in [-0.1, -0.05) is 0 Å². The summed E-state index contributed by atoms with van der Waals surface area (Å²) in [6.07, 6.45) is 5.09. The molecule has 0 saturated carbocycles. The number of rotatable bonds is 2. The van der Waals surface area contributed by atoms with Gasteiger partial charge in [0.2, 0.25) is 0 Å². The van der Waals surface area contributed by atoms with Gasteiger partial charge in [-0.25, -0.2) is 0 Å². The minimum Gasteiger partial charge on any atom is -0.338 e. The first-order chi connectivity index (χ1) is 10.6. The van der Waals surface area contributed by atoms with Crippen molar-refractivity contribution >= 4 is 5.91 Å². The SMILES string of the molecule is Cc1cc(C)c(C(=O)N2CCC(n3cnnc3)CC2)c(=O)[nH]1. The largest absolute Gasteiger partial charge is 0.338 e. The van der Waals surface area contributed by atoms with Crippen molar-refractivity contribution in [1.82, 2.24) is 24.6 Å². The van der Waals surface area contributed by atoms with Crippen LogP contribution < -0.4 is 5.56 Å². The van der Waals surface area contributed by atoms with E-state index in [1.54, 1.807) is 24.5 Å². The van der Waals surface area contributed by atoms with Crippen molar-refractivity contribution in [3.05, 3.63) is 45.9 Å². The number of hydrogen-bond acceptors (Lipinski definition) is 4. The van der Waals surface area contributed by atoms with Crippen molar-refractivity contribution in [3.63, 3.8) is 0 Å². The normalized spacial score (nSPS) is 16.0. The molecule has 0 aliphatic carbocycles. The summed E-state index contributed by atoms with van der Waals surface area (Å²) in [5.41, 5.74) is 1.45. The molecule has 3 heterocycles. The molecule has 116 valence electrons. The van der Waals surface area contributed by atoms with Gasteiger partial charge in [0.15, 0.2) is 0 Å². The predicted octanol–water partition coefficient (Wildman–Crippen LogP) is 1.06. The summed E-state index contributed by atoms with van der Waals surface area (Å²) in [5, 5.41) is 7.63. The molecule has 1 N–H and O–H groups in total. The van der Waals surface area contributed by atoms with Gasteiger partial charge >= 0.3 is 0 Å². The van der Waals surface area contributed by atoms with E-state index in [0.717, 1.165) is 24.1 Å². The number of piperidine rings is 1. The molecule has 3 rings (SSSR count). The van der Waals surface area contributed by atoms with Crippen LogP contribution in [0.2, 0.25) is 0 Å². The lowest BCUT2D eigenvalue weighted by Gasteiger charge is -2.32.